The zero-order chi connectivity index (χ0) is 13.1. The smallest absolute Gasteiger partial charge is 0.152 e. The van der Waals surface area contributed by atoms with Crippen molar-refractivity contribution < 1.29 is 8.42 Å². The Morgan fingerprint density at radius 1 is 1.33 bits per heavy atom. The van der Waals surface area contributed by atoms with Gasteiger partial charge in [0.05, 0.1) is 11.5 Å². The first-order valence-corrected chi connectivity index (χ1v) is 8.97. The van der Waals surface area contributed by atoms with Crippen LogP contribution in [0, 0.1) is 5.92 Å². The standard InChI is InChI=1S/C13H26N2O2S/c1-13(6-10-18(16,17)11-13)15-7-2-3-12-4-8-14-9-5-12/h12,14-15H,2-11H2,1H3. The Hall–Kier alpha value is -0.130. The van der Waals surface area contributed by atoms with E-state index in [2.05, 4.69) is 10.6 Å². The molecule has 0 spiro atoms. The maximum atomic E-state index is 11.5. The lowest BCUT2D eigenvalue weighted by molar-refractivity contribution is 0.329. The third kappa shape index (κ3) is 4.21. The predicted molar refractivity (Wildman–Crippen MR) is 74.5 cm³/mol. The minimum atomic E-state index is -2.78. The van der Waals surface area contributed by atoms with E-state index in [1.165, 1.54) is 25.7 Å². The highest BCUT2D eigenvalue weighted by Gasteiger charge is 2.37. The molecule has 2 fully saturated rings. The molecule has 0 aromatic heterocycles. The molecule has 0 amide bonds. The topological polar surface area (TPSA) is 58.2 Å². The fourth-order valence-corrected chi connectivity index (χ4v) is 5.22. The van der Waals surface area contributed by atoms with E-state index in [1.807, 2.05) is 6.92 Å². The Kier molecular flexibility index (Phi) is 4.67. The van der Waals surface area contributed by atoms with E-state index in [0.29, 0.717) is 11.5 Å². The summed E-state index contributed by atoms with van der Waals surface area (Å²) in [5.41, 5.74) is -0.174. The summed E-state index contributed by atoms with van der Waals surface area (Å²) in [4.78, 5) is 0. The lowest BCUT2D eigenvalue weighted by Crippen LogP contribution is -2.44. The van der Waals surface area contributed by atoms with Crippen LogP contribution in [0.2, 0.25) is 0 Å². The van der Waals surface area contributed by atoms with E-state index < -0.39 is 9.84 Å². The molecule has 18 heavy (non-hydrogen) atoms. The van der Waals surface area contributed by atoms with E-state index >= 15 is 0 Å². The summed E-state index contributed by atoms with van der Waals surface area (Å²) in [5.74, 6) is 1.53. The van der Waals surface area contributed by atoms with Crippen LogP contribution in [0.5, 0.6) is 0 Å². The van der Waals surface area contributed by atoms with Gasteiger partial charge in [-0.2, -0.15) is 0 Å². The minimum Gasteiger partial charge on any atom is -0.317 e. The van der Waals surface area contributed by atoms with Crippen molar-refractivity contribution >= 4 is 9.84 Å². The van der Waals surface area contributed by atoms with Crippen LogP contribution in [0.1, 0.15) is 39.0 Å². The van der Waals surface area contributed by atoms with E-state index in [4.69, 9.17) is 0 Å². The normalized spacial score (nSPS) is 32.7. The first-order valence-electron chi connectivity index (χ1n) is 7.15. The zero-order valence-corrected chi connectivity index (χ0v) is 12.2. The maximum Gasteiger partial charge on any atom is 0.152 e. The molecule has 0 aromatic rings. The van der Waals surface area contributed by atoms with Crippen molar-refractivity contribution in [3.05, 3.63) is 0 Å². The molecule has 0 bridgehead atoms. The van der Waals surface area contributed by atoms with Crippen molar-refractivity contribution in [1.29, 1.82) is 0 Å². The molecule has 106 valence electrons. The highest BCUT2D eigenvalue weighted by Crippen LogP contribution is 2.23. The van der Waals surface area contributed by atoms with Crippen molar-refractivity contribution in [2.75, 3.05) is 31.1 Å². The van der Waals surface area contributed by atoms with Gasteiger partial charge >= 0.3 is 0 Å². The number of hydrogen-bond donors (Lipinski definition) is 2. The van der Waals surface area contributed by atoms with Crippen LogP contribution < -0.4 is 10.6 Å². The highest BCUT2D eigenvalue weighted by atomic mass is 32.2. The summed E-state index contributed by atoms with van der Waals surface area (Å²) < 4.78 is 23.0. The summed E-state index contributed by atoms with van der Waals surface area (Å²) in [5, 5.41) is 6.84. The van der Waals surface area contributed by atoms with Crippen molar-refractivity contribution in [2.24, 2.45) is 5.92 Å². The van der Waals surface area contributed by atoms with Gasteiger partial charge < -0.3 is 10.6 Å². The van der Waals surface area contributed by atoms with Gasteiger partial charge in [0.2, 0.25) is 0 Å². The molecule has 4 nitrogen and oxygen atoms in total. The number of sulfone groups is 1. The average Bonchev–Trinajstić information content (AvgIpc) is 2.61. The zero-order valence-electron chi connectivity index (χ0n) is 11.4. The molecule has 5 heteroatoms. The van der Waals surface area contributed by atoms with E-state index in [0.717, 1.165) is 32.0 Å². The van der Waals surface area contributed by atoms with Gasteiger partial charge in [0, 0.05) is 5.54 Å². The van der Waals surface area contributed by atoms with Gasteiger partial charge in [-0.3, -0.25) is 0 Å². The van der Waals surface area contributed by atoms with Gasteiger partial charge in [-0.25, -0.2) is 8.42 Å². The van der Waals surface area contributed by atoms with Crippen molar-refractivity contribution in [2.45, 2.75) is 44.6 Å². The van der Waals surface area contributed by atoms with Gasteiger partial charge in [0.15, 0.2) is 9.84 Å². The Balaban J connectivity index is 1.63. The minimum absolute atomic E-state index is 0.174. The summed E-state index contributed by atoms with van der Waals surface area (Å²) >= 11 is 0. The summed E-state index contributed by atoms with van der Waals surface area (Å²) in [6.45, 7) is 5.32. The fraction of sp³-hybridized carbons (Fsp3) is 1.00. The van der Waals surface area contributed by atoms with Crippen LogP contribution >= 0.6 is 0 Å². The van der Waals surface area contributed by atoms with Crippen molar-refractivity contribution in [3.63, 3.8) is 0 Å². The number of piperidine rings is 1. The van der Waals surface area contributed by atoms with Crippen LogP contribution in [0.15, 0.2) is 0 Å². The number of nitrogens with one attached hydrogen (secondary N) is 2. The molecule has 0 aromatic carbocycles. The predicted octanol–water partition coefficient (Wildman–Crippen LogP) is 0.933. The molecule has 1 atom stereocenters. The Morgan fingerprint density at radius 2 is 2.06 bits per heavy atom. The number of hydrogen-bond acceptors (Lipinski definition) is 4. The van der Waals surface area contributed by atoms with Crippen LogP contribution in [-0.4, -0.2) is 45.1 Å². The largest absolute Gasteiger partial charge is 0.317 e. The lowest BCUT2D eigenvalue weighted by atomic mass is 9.93. The van der Waals surface area contributed by atoms with Crippen molar-refractivity contribution in [1.82, 2.24) is 10.6 Å². The summed E-state index contributed by atoms with van der Waals surface area (Å²) in [7, 11) is -2.78. The number of rotatable bonds is 5. The molecular formula is C13H26N2O2S. The molecule has 2 aliphatic heterocycles. The third-order valence-corrected chi connectivity index (χ3v) is 6.21. The van der Waals surface area contributed by atoms with Crippen LogP contribution in [-0.2, 0) is 9.84 Å². The second kappa shape index (κ2) is 5.88. The van der Waals surface area contributed by atoms with E-state index in [9.17, 15) is 8.42 Å². The molecule has 2 aliphatic rings. The molecule has 0 aliphatic carbocycles. The second-order valence-electron chi connectivity index (χ2n) is 6.17. The highest BCUT2D eigenvalue weighted by molar-refractivity contribution is 7.91. The van der Waals surface area contributed by atoms with Gasteiger partial charge in [-0.1, -0.05) is 0 Å². The first-order chi connectivity index (χ1) is 8.49. The van der Waals surface area contributed by atoms with Crippen LogP contribution in [0.3, 0.4) is 0 Å². The quantitative estimate of drug-likeness (QED) is 0.732. The third-order valence-electron chi connectivity index (χ3n) is 4.30. The Labute approximate surface area is 111 Å². The van der Waals surface area contributed by atoms with E-state index in [-0.39, 0.29) is 5.54 Å². The average molecular weight is 274 g/mol. The molecule has 2 N–H and O–H groups in total. The molecule has 1 unspecified atom stereocenters. The Bertz CT molecular complexity index is 363. The molecule has 2 saturated heterocycles. The van der Waals surface area contributed by atoms with Gasteiger partial charge in [0.1, 0.15) is 0 Å². The van der Waals surface area contributed by atoms with E-state index in [1.54, 1.807) is 0 Å². The fourth-order valence-electron chi connectivity index (χ4n) is 3.10. The van der Waals surface area contributed by atoms with Crippen LogP contribution in [0.25, 0.3) is 0 Å². The Morgan fingerprint density at radius 3 is 2.67 bits per heavy atom. The second-order valence-corrected chi connectivity index (χ2v) is 8.35. The molecule has 2 heterocycles. The molecule has 0 saturated carbocycles. The SMILES string of the molecule is CC1(NCCCC2CCNCC2)CCS(=O)(=O)C1. The molecule has 0 radical (unpaired) electrons. The molecule has 2 rings (SSSR count). The summed E-state index contributed by atoms with van der Waals surface area (Å²) in [6.07, 6.45) is 5.80. The molecular weight excluding hydrogens is 248 g/mol. The van der Waals surface area contributed by atoms with Crippen LogP contribution in [0.4, 0.5) is 0 Å². The monoisotopic (exact) mass is 274 g/mol. The lowest BCUT2D eigenvalue weighted by Gasteiger charge is -2.26. The van der Waals surface area contributed by atoms with Gasteiger partial charge in [0.25, 0.3) is 0 Å². The van der Waals surface area contributed by atoms with Gasteiger partial charge in [-0.05, 0) is 64.6 Å². The van der Waals surface area contributed by atoms with Gasteiger partial charge in [-0.15, -0.1) is 0 Å². The maximum absolute atomic E-state index is 11.5. The van der Waals surface area contributed by atoms with Crippen molar-refractivity contribution in [3.8, 4) is 0 Å². The summed E-state index contributed by atoms with van der Waals surface area (Å²) in [6, 6.07) is 0. The first kappa shape index (κ1) is 14.3.